The summed E-state index contributed by atoms with van der Waals surface area (Å²) in [5.74, 6) is -0.759. The van der Waals surface area contributed by atoms with Crippen molar-refractivity contribution in [3.8, 4) is 0 Å². The van der Waals surface area contributed by atoms with Gasteiger partial charge in [0.2, 0.25) is 0 Å². The maximum atomic E-state index is 11.9. The molecule has 6 heteroatoms. The van der Waals surface area contributed by atoms with Crippen LogP contribution in [0.4, 0.5) is 0 Å². The van der Waals surface area contributed by atoms with Gasteiger partial charge in [0.05, 0.1) is 11.0 Å². The van der Waals surface area contributed by atoms with Gasteiger partial charge in [0.25, 0.3) is 5.91 Å². The number of carboxylic acids is 1. The number of thiophene rings is 1. The number of hydrogen-bond acceptors (Lipinski definition) is 4. The van der Waals surface area contributed by atoms with Gasteiger partial charge in [0, 0.05) is 13.2 Å². The van der Waals surface area contributed by atoms with E-state index in [-0.39, 0.29) is 16.9 Å². The van der Waals surface area contributed by atoms with Crippen LogP contribution in [0.5, 0.6) is 0 Å². The first-order valence-corrected chi connectivity index (χ1v) is 7.11. The second kappa shape index (κ2) is 6.16. The van der Waals surface area contributed by atoms with Gasteiger partial charge in [-0.2, -0.15) is 0 Å². The van der Waals surface area contributed by atoms with E-state index in [4.69, 9.17) is 9.84 Å². The fourth-order valence-electron chi connectivity index (χ4n) is 2.18. The zero-order chi connectivity index (χ0) is 13.8. The second-order valence-electron chi connectivity index (χ2n) is 4.75. The summed E-state index contributed by atoms with van der Waals surface area (Å²) in [6.07, 6.45) is 2.15. The molecular weight excluding hydrogens is 266 g/mol. The van der Waals surface area contributed by atoms with Crippen LogP contribution in [0.15, 0.2) is 12.1 Å². The predicted octanol–water partition coefficient (Wildman–Crippen LogP) is 1.99. The first-order valence-electron chi connectivity index (χ1n) is 6.29. The number of carbonyl (C=O) groups excluding carboxylic acids is 1. The highest BCUT2D eigenvalue weighted by molar-refractivity contribution is 7.15. The summed E-state index contributed by atoms with van der Waals surface area (Å²) in [4.78, 5) is 23.3. The lowest BCUT2D eigenvalue weighted by Gasteiger charge is -2.27. The highest BCUT2D eigenvalue weighted by atomic mass is 32.1. The largest absolute Gasteiger partial charge is 0.477 e. The Morgan fingerprint density at radius 3 is 2.84 bits per heavy atom. The van der Waals surface area contributed by atoms with Crippen molar-refractivity contribution < 1.29 is 19.4 Å². The summed E-state index contributed by atoms with van der Waals surface area (Å²) < 4.78 is 5.45. The Morgan fingerprint density at radius 2 is 2.21 bits per heavy atom. The molecule has 19 heavy (non-hydrogen) atoms. The zero-order valence-corrected chi connectivity index (χ0v) is 11.5. The predicted molar refractivity (Wildman–Crippen MR) is 71.7 cm³/mol. The lowest BCUT2D eigenvalue weighted by Crippen LogP contribution is -2.34. The molecule has 0 spiro atoms. The van der Waals surface area contributed by atoms with Gasteiger partial charge in [-0.3, -0.25) is 4.79 Å². The van der Waals surface area contributed by atoms with E-state index in [0.29, 0.717) is 17.3 Å². The van der Waals surface area contributed by atoms with Gasteiger partial charge in [-0.1, -0.05) is 0 Å². The van der Waals surface area contributed by atoms with E-state index in [0.717, 1.165) is 30.8 Å². The maximum Gasteiger partial charge on any atom is 0.345 e. The van der Waals surface area contributed by atoms with E-state index >= 15 is 0 Å². The molecule has 0 radical (unpaired) electrons. The third kappa shape index (κ3) is 3.78. The highest BCUT2D eigenvalue weighted by Crippen LogP contribution is 2.20. The van der Waals surface area contributed by atoms with E-state index in [9.17, 15) is 9.59 Å². The molecule has 2 unspecified atom stereocenters. The maximum absolute atomic E-state index is 11.9. The molecule has 104 valence electrons. The van der Waals surface area contributed by atoms with Gasteiger partial charge in [-0.05, 0) is 37.8 Å². The van der Waals surface area contributed by atoms with Gasteiger partial charge in [0.15, 0.2) is 0 Å². The molecule has 2 heterocycles. The number of amides is 1. The minimum absolute atomic E-state index is 0.185. The molecule has 2 atom stereocenters. The molecule has 1 aromatic heterocycles. The molecule has 1 saturated heterocycles. The van der Waals surface area contributed by atoms with Gasteiger partial charge < -0.3 is 15.2 Å². The van der Waals surface area contributed by atoms with Crippen molar-refractivity contribution in [3.63, 3.8) is 0 Å². The van der Waals surface area contributed by atoms with Crippen molar-refractivity contribution in [2.45, 2.75) is 25.9 Å². The summed E-state index contributed by atoms with van der Waals surface area (Å²) in [6.45, 7) is 3.39. The molecule has 2 N–H and O–H groups in total. The molecule has 1 amide bonds. The number of aromatic carboxylic acids is 1. The Labute approximate surface area is 115 Å². The first kappa shape index (κ1) is 14.0. The summed E-state index contributed by atoms with van der Waals surface area (Å²) in [5.41, 5.74) is 0. The average Bonchev–Trinajstić information content (AvgIpc) is 2.86. The molecule has 0 saturated carbocycles. The van der Waals surface area contributed by atoms with Gasteiger partial charge in [-0.15, -0.1) is 11.3 Å². The minimum Gasteiger partial charge on any atom is -0.477 e. The minimum atomic E-state index is -0.998. The Morgan fingerprint density at radius 1 is 1.47 bits per heavy atom. The normalized spacial score (nSPS) is 23.0. The van der Waals surface area contributed by atoms with Crippen LogP contribution in [0.25, 0.3) is 0 Å². The quantitative estimate of drug-likeness (QED) is 0.886. The summed E-state index contributed by atoms with van der Waals surface area (Å²) in [5, 5.41) is 11.7. The molecule has 1 aromatic rings. The molecule has 1 aliphatic rings. The number of nitrogens with one attached hydrogen (secondary N) is 1. The Bertz CT molecular complexity index is 471. The average molecular weight is 283 g/mol. The van der Waals surface area contributed by atoms with Crippen LogP contribution in [0, 0.1) is 5.92 Å². The smallest absolute Gasteiger partial charge is 0.345 e. The van der Waals surface area contributed by atoms with Crippen molar-refractivity contribution in [3.05, 3.63) is 21.9 Å². The monoisotopic (exact) mass is 283 g/mol. The number of carboxylic acid groups (broad SMARTS) is 1. The summed E-state index contributed by atoms with van der Waals surface area (Å²) in [6, 6.07) is 3.01. The first-order chi connectivity index (χ1) is 9.06. The Balaban J connectivity index is 1.85. The summed E-state index contributed by atoms with van der Waals surface area (Å²) in [7, 11) is 0. The molecule has 0 aliphatic carbocycles. The topological polar surface area (TPSA) is 75.6 Å². The van der Waals surface area contributed by atoms with Crippen LogP contribution >= 0.6 is 11.3 Å². The van der Waals surface area contributed by atoms with Gasteiger partial charge >= 0.3 is 5.97 Å². The molecule has 1 aliphatic heterocycles. The van der Waals surface area contributed by atoms with Crippen molar-refractivity contribution in [2.75, 3.05) is 13.2 Å². The van der Waals surface area contributed by atoms with Crippen LogP contribution < -0.4 is 5.32 Å². The number of rotatable bonds is 4. The zero-order valence-electron chi connectivity index (χ0n) is 10.7. The van der Waals surface area contributed by atoms with Crippen molar-refractivity contribution >= 4 is 23.2 Å². The van der Waals surface area contributed by atoms with Gasteiger partial charge in [0.1, 0.15) is 4.88 Å². The molecule has 5 nitrogen and oxygen atoms in total. The van der Waals surface area contributed by atoms with E-state index in [1.807, 2.05) is 6.92 Å². The lowest BCUT2D eigenvalue weighted by molar-refractivity contribution is 0.00303. The van der Waals surface area contributed by atoms with E-state index in [1.54, 1.807) is 6.07 Å². The van der Waals surface area contributed by atoms with Crippen LogP contribution in [0.3, 0.4) is 0 Å². The number of ether oxygens (including phenoxy) is 1. The highest BCUT2D eigenvalue weighted by Gasteiger charge is 2.20. The van der Waals surface area contributed by atoms with Crippen molar-refractivity contribution in [1.29, 1.82) is 0 Å². The number of carbonyl (C=O) groups is 2. The van der Waals surface area contributed by atoms with Crippen LogP contribution in [0.2, 0.25) is 0 Å². The standard InChI is InChI=1S/C13H17NO4S/c1-8-6-9(4-5-18-8)7-14-12(15)10-2-3-11(19-10)13(16)17/h2-3,8-9H,4-7H2,1H3,(H,14,15)(H,16,17). The SMILES string of the molecule is CC1CC(CNC(=O)c2ccc(C(=O)O)s2)CCO1. The molecule has 0 bridgehead atoms. The van der Waals surface area contributed by atoms with Crippen molar-refractivity contribution in [1.82, 2.24) is 5.32 Å². The molecular formula is C13H17NO4S. The molecule has 0 aromatic carbocycles. The second-order valence-corrected chi connectivity index (χ2v) is 5.83. The fourth-order valence-corrected chi connectivity index (χ4v) is 2.94. The summed E-state index contributed by atoms with van der Waals surface area (Å²) >= 11 is 1.000. The van der Waals surface area contributed by atoms with E-state index < -0.39 is 5.97 Å². The molecule has 2 rings (SSSR count). The Kier molecular flexibility index (Phi) is 4.55. The van der Waals surface area contributed by atoms with Crippen LogP contribution in [0.1, 0.15) is 39.1 Å². The number of hydrogen-bond donors (Lipinski definition) is 2. The third-order valence-electron chi connectivity index (χ3n) is 3.19. The third-order valence-corrected chi connectivity index (χ3v) is 4.26. The Hall–Kier alpha value is -1.40. The lowest BCUT2D eigenvalue weighted by atomic mass is 9.96. The van der Waals surface area contributed by atoms with Crippen LogP contribution in [-0.2, 0) is 4.74 Å². The fraction of sp³-hybridized carbons (Fsp3) is 0.538. The van der Waals surface area contributed by atoms with Crippen LogP contribution in [-0.4, -0.2) is 36.2 Å². The van der Waals surface area contributed by atoms with Crippen molar-refractivity contribution in [2.24, 2.45) is 5.92 Å². The molecule has 1 fully saturated rings. The van der Waals surface area contributed by atoms with Gasteiger partial charge in [-0.25, -0.2) is 4.79 Å². The van der Waals surface area contributed by atoms with E-state index in [1.165, 1.54) is 6.07 Å². The van der Waals surface area contributed by atoms with E-state index in [2.05, 4.69) is 5.32 Å².